The standard InChI is InChI=1S/C28H38O5/c1-28-13-12-21-20-9-8-19(32-25-6-2-4-14-30-25)16-18(20)17-23(33-26-7-3-5-15-31-26)27(21)22(28)10-11-24(28)29/h8-9,16,21-23,25-27H,2-7,10-15,17H2,1H3/t21-,22+,23-,25?,26?,27-,28+/m1/s1. The average molecular weight is 455 g/mol. The molecule has 7 atom stereocenters. The monoisotopic (exact) mass is 454 g/mol. The van der Waals surface area contributed by atoms with Gasteiger partial charge in [-0.25, -0.2) is 0 Å². The second kappa shape index (κ2) is 8.98. The fraction of sp³-hybridized carbons (Fsp3) is 0.750. The molecule has 0 radical (unpaired) electrons. The van der Waals surface area contributed by atoms with Gasteiger partial charge in [-0.3, -0.25) is 4.79 Å². The molecule has 2 saturated heterocycles. The summed E-state index contributed by atoms with van der Waals surface area (Å²) in [6.45, 7) is 3.81. The second-order valence-corrected chi connectivity index (χ2v) is 11.2. The van der Waals surface area contributed by atoms with Crippen LogP contribution in [0.1, 0.15) is 88.2 Å². The third kappa shape index (κ3) is 4.04. The van der Waals surface area contributed by atoms with Gasteiger partial charge < -0.3 is 18.9 Å². The molecule has 2 aliphatic heterocycles. The highest BCUT2D eigenvalue weighted by Gasteiger charge is 2.57. The van der Waals surface area contributed by atoms with E-state index >= 15 is 0 Å². The van der Waals surface area contributed by atoms with E-state index < -0.39 is 0 Å². The van der Waals surface area contributed by atoms with E-state index in [1.54, 1.807) is 0 Å². The predicted molar refractivity (Wildman–Crippen MR) is 124 cm³/mol. The van der Waals surface area contributed by atoms with Crippen LogP contribution in [0.5, 0.6) is 5.75 Å². The SMILES string of the molecule is C[C@]12CC[C@@H]3c4ccc(OC5CCCCO5)cc4C[C@@H](OC4CCCCO4)[C@H]3[C@@H]1CCC2=O. The molecule has 1 aromatic carbocycles. The molecule has 0 aromatic heterocycles. The lowest BCUT2D eigenvalue weighted by Crippen LogP contribution is -2.50. The Morgan fingerprint density at radius 1 is 0.970 bits per heavy atom. The van der Waals surface area contributed by atoms with Crippen molar-refractivity contribution in [1.29, 1.82) is 0 Å². The number of carbonyl (C=O) groups is 1. The van der Waals surface area contributed by atoms with Crippen LogP contribution in [0.25, 0.3) is 0 Å². The summed E-state index contributed by atoms with van der Waals surface area (Å²) in [7, 11) is 0. The van der Waals surface area contributed by atoms with Crippen molar-refractivity contribution in [3.05, 3.63) is 29.3 Å². The van der Waals surface area contributed by atoms with Crippen molar-refractivity contribution >= 4 is 5.78 Å². The van der Waals surface area contributed by atoms with Gasteiger partial charge in [-0.1, -0.05) is 13.0 Å². The number of rotatable bonds is 4. The number of hydrogen-bond acceptors (Lipinski definition) is 5. The molecule has 0 spiro atoms. The number of fused-ring (bicyclic) bond motifs is 5. The Hall–Kier alpha value is -1.43. The van der Waals surface area contributed by atoms with Gasteiger partial charge in [-0.05, 0) is 98.8 Å². The Morgan fingerprint density at radius 2 is 1.76 bits per heavy atom. The molecule has 5 nitrogen and oxygen atoms in total. The van der Waals surface area contributed by atoms with Crippen molar-refractivity contribution in [2.75, 3.05) is 13.2 Å². The van der Waals surface area contributed by atoms with Gasteiger partial charge in [0.15, 0.2) is 12.6 Å². The van der Waals surface area contributed by atoms with E-state index in [-0.39, 0.29) is 24.1 Å². The molecule has 6 rings (SSSR count). The van der Waals surface area contributed by atoms with Gasteiger partial charge in [0, 0.05) is 24.9 Å². The highest BCUT2D eigenvalue weighted by molar-refractivity contribution is 5.87. The van der Waals surface area contributed by atoms with Crippen molar-refractivity contribution in [3.8, 4) is 5.75 Å². The lowest BCUT2D eigenvalue weighted by molar-refractivity contribution is -0.211. The minimum atomic E-state index is -0.172. The predicted octanol–water partition coefficient (Wildman–Crippen LogP) is 5.54. The zero-order valence-electron chi connectivity index (χ0n) is 19.9. The van der Waals surface area contributed by atoms with Crippen LogP contribution in [0.2, 0.25) is 0 Å². The molecular formula is C28H38O5. The van der Waals surface area contributed by atoms with Crippen LogP contribution in [0.3, 0.4) is 0 Å². The number of Topliss-reactive ketones (excluding diaryl/α,β-unsaturated/α-hetero) is 1. The second-order valence-electron chi connectivity index (χ2n) is 11.2. The zero-order chi connectivity index (χ0) is 22.4. The maximum absolute atomic E-state index is 12.9. The molecule has 2 heterocycles. The molecule has 0 amide bonds. The first-order valence-corrected chi connectivity index (χ1v) is 13.3. The molecule has 3 aliphatic carbocycles. The van der Waals surface area contributed by atoms with Crippen LogP contribution < -0.4 is 4.74 Å². The van der Waals surface area contributed by atoms with Gasteiger partial charge >= 0.3 is 0 Å². The van der Waals surface area contributed by atoms with Gasteiger partial charge in [0.2, 0.25) is 0 Å². The smallest absolute Gasteiger partial charge is 0.199 e. The van der Waals surface area contributed by atoms with Gasteiger partial charge in [0.25, 0.3) is 0 Å². The van der Waals surface area contributed by atoms with Crippen molar-refractivity contribution < 1.29 is 23.7 Å². The number of hydrogen-bond donors (Lipinski definition) is 0. The minimum Gasteiger partial charge on any atom is -0.465 e. The van der Waals surface area contributed by atoms with Crippen molar-refractivity contribution in [1.82, 2.24) is 0 Å². The average Bonchev–Trinajstić information content (AvgIpc) is 3.14. The summed E-state index contributed by atoms with van der Waals surface area (Å²) in [4.78, 5) is 12.9. The van der Waals surface area contributed by atoms with Crippen molar-refractivity contribution in [3.63, 3.8) is 0 Å². The van der Waals surface area contributed by atoms with Crippen LogP contribution in [-0.4, -0.2) is 37.7 Å². The Labute approximate surface area is 197 Å². The third-order valence-electron chi connectivity index (χ3n) is 9.28. The summed E-state index contributed by atoms with van der Waals surface area (Å²) >= 11 is 0. The van der Waals surface area contributed by atoms with Gasteiger partial charge in [0.05, 0.1) is 12.7 Å². The highest BCUT2D eigenvalue weighted by atomic mass is 16.7. The number of benzene rings is 1. The minimum absolute atomic E-state index is 0.0994. The summed E-state index contributed by atoms with van der Waals surface area (Å²) < 4.78 is 24.8. The van der Waals surface area contributed by atoms with Gasteiger partial charge in [0.1, 0.15) is 11.5 Å². The molecule has 0 N–H and O–H groups in total. The molecule has 4 fully saturated rings. The van der Waals surface area contributed by atoms with Crippen LogP contribution in [0.4, 0.5) is 0 Å². The Balaban J connectivity index is 1.30. The topological polar surface area (TPSA) is 54.0 Å². The third-order valence-corrected chi connectivity index (χ3v) is 9.28. The number of ketones is 1. The fourth-order valence-electron chi connectivity index (χ4n) is 7.50. The fourth-order valence-corrected chi connectivity index (χ4v) is 7.50. The molecule has 1 aromatic rings. The van der Waals surface area contributed by atoms with E-state index in [4.69, 9.17) is 18.9 Å². The first-order chi connectivity index (χ1) is 16.1. The normalized spacial score (nSPS) is 40.6. The molecule has 0 bridgehead atoms. The van der Waals surface area contributed by atoms with E-state index in [0.717, 1.165) is 83.2 Å². The molecule has 5 aliphatic rings. The number of ether oxygens (including phenoxy) is 4. The summed E-state index contributed by atoms with van der Waals surface area (Å²) in [5.74, 6) is 2.63. The Kier molecular flexibility index (Phi) is 6.00. The van der Waals surface area contributed by atoms with Crippen LogP contribution in [-0.2, 0) is 25.4 Å². The van der Waals surface area contributed by atoms with Gasteiger partial charge in [-0.2, -0.15) is 0 Å². The summed E-state index contributed by atoms with van der Waals surface area (Å²) in [6, 6.07) is 6.65. The Morgan fingerprint density at radius 3 is 2.52 bits per heavy atom. The van der Waals surface area contributed by atoms with Crippen molar-refractivity contribution in [2.24, 2.45) is 17.3 Å². The molecule has 33 heavy (non-hydrogen) atoms. The highest BCUT2D eigenvalue weighted by Crippen LogP contribution is 2.60. The number of carbonyl (C=O) groups excluding carboxylic acids is 1. The van der Waals surface area contributed by atoms with Crippen molar-refractivity contribution in [2.45, 2.75) is 102 Å². The largest absolute Gasteiger partial charge is 0.465 e. The van der Waals surface area contributed by atoms with Crippen LogP contribution in [0, 0.1) is 17.3 Å². The first-order valence-electron chi connectivity index (χ1n) is 13.3. The molecule has 5 heteroatoms. The van der Waals surface area contributed by atoms with Gasteiger partial charge in [-0.15, -0.1) is 0 Å². The van der Waals surface area contributed by atoms with E-state index in [0.29, 0.717) is 23.5 Å². The lowest BCUT2D eigenvalue weighted by Gasteiger charge is -2.51. The van der Waals surface area contributed by atoms with E-state index in [9.17, 15) is 4.79 Å². The Bertz CT molecular complexity index is 871. The molecule has 180 valence electrons. The quantitative estimate of drug-likeness (QED) is 0.598. The molecule has 2 unspecified atom stereocenters. The van der Waals surface area contributed by atoms with Crippen LogP contribution >= 0.6 is 0 Å². The van der Waals surface area contributed by atoms with E-state index in [2.05, 4.69) is 25.1 Å². The van der Waals surface area contributed by atoms with E-state index in [1.807, 2.05) is 0 Å². The summed E-state index contributed by atoms with van der Waals surface area (Å²) in [5.41, 5.74) is 2.62. The maximum atomic E-state index is 12.9. The maximum Gasteiger partial charge on any atom is 0.199 e. The lowest BCUT2D eigenvalue weighted by atomic mass is 9.55. The molecular weight excluding hydrogens is 416 g/mol. The van der Waals surface area contributed by atoms with E-state index in [1.165, 1.54) is 17.5 Å². The zero-order valence-corrected chi connectivity index (χ0v) is 19.9. The van der Waals surface area contributed by atoms with Crippen LogP contribution in [0.15, 0.2) is 18.2 Å². The molecule has 2 saturated carbocycles. The summed E-state index contributed by atoms with van der Waals surface area (Å²) in [6.07, 6.45) is 11.1. The first kappa shape index (κ1) is 22.1. The summed E-state index contributed by atoms with van der Waals surface area (Å²) in [5, 5.41) is 0.